The number of benzene rings is 2. The number of amides is 1. The maximum absolute atomic E-state index is 12.8. The van der Waals surface area contributed by atoms with Gasteiger partial charge in [-0.15, -0.1) is 0 Å². The molecule has 28 heavy (non-hydrogen) atoms. The van der Waals surface area contributed by atoms with Crippen LogP contribution in [0.25, 0.3) is 0 Å². The minimum atomic E-state index is -3.53. The summed E-state index contributed by atoms with van der Waals surface area (Å²) in [5.41, 5.74) is 0.519. The summed E-state index contributed by atoms with van der Waals surface area (Å²) in [6.45, 7) is 6.55. The van der Waals surface area contributed by atoms with Gasteiger partial charge in [0.1, 0.15) is 5.75 Å². The Balaban J connectivity index is 2.04. The van der Waals surface area contributed by atoms with Gasteiger partial charge in [0.05, 0.1) is 4.90 Å². The predicted molar refractivity (Wildman–Crippen MR) is 111 cm³/mol. The van der Waals surface area contributed by atoms with Crippen LogP contribution in [-0.4, -0.2) is 37.8 Å². The van der Waals surface area contributed by atoms with Gasteiger partial charge in [0.25, 0.3) is 5.91 Å². The number of sulfonamides is 1. The quantitative estimate of drug-likeness (QED) is 0.652. The van der Waals surface area contributed by atoms with E-state index in [1.807, 2.05) is 32.0 Å². The summed E-state index contributed by atoms with van der Waals surface area (Å²) in [6.07, 6.45) is 0.828. The number of carbonyl (C=O) groups excluding carboxylic acids is 1. The molecule has 0 aliphatic carbocycles. The number of carbonyl (C=O) groups is 1. The van der Waals surface area contributed by atoms with Gasteiger partial charge in [-0.1, -0.05) is 32.0 Å². The lowest BCUT2D eigenvalue weighted by atomic mass is 10.3. The highest BCUT2D eigenvalue weighted by Crippen LogP contribution is 2.20. The van der Waals surface area contributed by atoms with E-state index in [2.05, 4.69) is 5.32 Å². The van der Waals surface area contributed by atoms with Crippen molar-refractivity contribution in [2.24, 2.45) is 0 Å². The third kappa shape index (κ3) is 5.81. The molecule has 0 saturated carbocycles. The number of para-hydroxylation sites is 1. The second-order valence-electron chi connectivity index (χ2n) is 6.49. The van der Waals surface area contributed by atoms with E-state index in [-0.39, 0.29) is 10.8 Å². The zero-order chi connectivity index (χ0) is 20.6. The Morgan fingerprint density at radius 2 is 1.57 bits per heavy atom. The molecule has 1 N–H and O–H groups in total. The largest absolute Gasteiger partial charge is 0.481 e. The highest BCUT2D eigenvalue weighted by Gasteiger charge is 2.23. The van der Waals surface area contributed by atoms with Crippen molar-refractivity contribution in [3.05, 3.63) is 54.6 Å². The summed E-state index contributed by atoms with van der Waals surface area (Å²) in [4.78, 5) is 12.5. The number of rotatable bonds is 10. The third-order valence-electron chi connectivity index (χ3n) is 4.13. The van der Waals surface area contributed by atoms with Crippen molar-refractivity contribution in [1.29, 1.82) is 0 Å². The molecule has 0 bridgehead atoms. The smallest absolute Gasteiger partial charge is 0.265 e. The standard InChI is InChI=1S/C21H28N2O4S/c1-4-15-23(16-5-2)28(25,26)20-13-11-18(12-14-20)22-21(24)17(3)27-19-9-7-6-8-10-19/h6-14,17H,4-5,15-16H2,1-3H3,(H,22,24). The minimum absolute atomic E-state index is 0.223. The summed E-state index contributed by atoms with van der Waals surface area (Å²) < 4.78 is 32.6. The average molecular weight is 405 g/mol. The first-order valence-corrected chi connectivity index (χ1v) is 10.9. The zero-order valence-electron chi connectivity index (χ0n) is 16.6. The molecule has 152 valence electrons. The van der Waals surface area contributed by atoms with Crippen molar-refractivity contribution in [2.45, 2.75) is 44.6 Å². The van der Waals surface area contributed by atoms with E-state index in [9.17, 15) is 13.2 Å². The second kappa shape index (κ2) is 10.2. The number of hydrogen-bond acceptors (Lipinski definition) is 4. The van der Waals surface area contributed by atoms with E-state index in [1.165, 1.54) is 16.4 Å². The molecule has 1 atom stereocenters. The van der Waals surface area contributed by atoms with Gasteiger partial charge in [-0.2, -0.15) is 4.31 Å². The van der Waals surface area contributed by atoms with E-state index < -0.39 is 16.1 Å². The van der Waals surface area contributed by atoms with Gasteiger partial charge >= 0.3 is 0 Å². The Hall–Kier alpha value is -2.38. The van der Waals surface area contributed by atoms with Crippen LogP contribution in [-0.2, 0) is 14.8 Å². The Labute approximate surface area is 167 Å². The van der Waals surface area contributed by atoms with Gasteiger partial charge in [-0.25, -0.2) is 8.42 Å². The molecule has 2 rings (SSSR count). The molecule has 2 aromatic carbocycles. The molecule has 0 radical (unpaired) electrons. The van der Waals surface area contributed by atoms with Crippen LogP contribution in [0.15, 0.2) is 59.5 Å². The van der Waals surface area contributed by atoms with Gasteiger partial charge in [0, 0.05) is 18.8 Å². The van der Waals surface area contributed by atoms with E-state index in [0.717, 1.165) is 12.8 Å². The maximum atomic E-state index is 12.8. The molecule has 0 heterocycles. The fourth-order valence-electron chi connectivity index (χ4n) is 2.71. The number of nitrogens with one attached hydrogen (secondary N) is 1. The van der Waals surface area contributed by atoms with Crippen molar-refractivity contribution >= 4 is 21.6 Å². The maximum Gasteiger partial charge on any atom is 0.265 e. The van der Waals surface area contributed by atoms with Crippen LogP contribution in [0.2, 0.25) is 0 Å². The first-order valence-electron chi connectivity index (χ1n) is 9.51. The van der Waals surface area contributed by atoms with Crippen LogP contribution >= 0.6 is 0 Å². The molecule has 0 saturated heterocycles. The number of hydrogen-bond donors (Lipinski definition) is 1. The molecular weight excluding hydrogens is 376 g/mol. The Morgan fingerprint density at radius 1 is 1.00 bits per heavy atom. The lowest BCUT2D eigenvalue weighted by Crippen LogP contribution is -2.32. The van der Waals surface area contributed by atoms with Crippen molar-refractivity contribution in [1.82, 2.24) is 4.31 Å². The van der Waals surface area contributed by atoms with Crippen LogP contribution in [0.4, 0.5) is 5.69 Å². The summed E-state index contributed by atoms with van der Waals surface area (Å²) in [6, 6.07) is 15.3. The van der Waals surface area contributed by atoms with E-state index in [4.69, 9.17) is 4.74 Å². The normalized spacial score (nSPS) is 12.6. The molecule has 0 fully saturated rings. The van der Waals surface area contributed by atoms with Gasteiger partial charge in [-0.05, 0) is 56.2 Å². The fraction of sp³-hybridized carbons (Fsp3) is 0.381. The summed E-state index contributed by atoms with van der Waals surface area (Å²) >= 11 is 0. The van der Waals surface area contributed by atoms with Crippen LogP contribution < -0.4 is 10.1 Å². The molecule has 1 unspecified atom stereocenters. The van der Waals surface area contributed by atoms with E-state index in [0.29, 0.717) is 24.5 Å². The molecule has 0 spiro atoms. The van der Waals surface area contributed by atoms with Crippen molar-refractivity contribution in [3.63, 3.8) is 0 Å². The van der Waals surface area contributed by atoms with Crippen LogP contribution in [0.1, 0.15) is 33.6 Å². The van der Waals surface area contributed by atoms with Gasteiger partial charge in [-0.3, -0.25) is 4.79 Å². The summed E-state index contributed by atoms with van der Waals surface area (Å²) in [7, 11) is -3.53. The SMILES string of the molecule is CCCN(CCC)S(=O)(=O)c1ccc(NC(=O)C(C)Oc2ccccc2)cc1. The molecule has 6 nitrogen and oxygen atoms in total. The number of nitrogens with zero attached hydrogens (tertiary/aromatic N) is 1. The summed E-state index contributed by atoms with van der Waals surface area (Å²) in [5.74, 6) is 0.302. The molecule has 0 aromatic heterocycles. The Bertz CT molecular complexity index is 846. The first-order chi connectivity index (χ1) is 13.4. The summed E-state index contributed by atoms with van der Waals surface area (Å²) in [5, 5.41) is 2.75. The monoisotopic (exact) mass is 404 g/mol. The Morgan fingerprint density at radius 3 is 2.11 bits per heavy atom. The predicted octanol–water partition coefficient (Wildman–Crippen LogP) is 3.90. The second-order valence-corrected chi connectivity index (χ2v) is 8.43. The highest BCUT2D eigenvalue weighted by atomic mass is 32.2. The number of anilines is 1. The van der Waals surface area contributed by atoms with Crippen molar-refractivity contribution in [2.75, 3.05) is 18.4 Å². The van der Waals surface area contributed by atoms with E-state index >= 15 is 0 Å². The van der Waals surface area contributed by atoms with Gasteiger partial charge in [0.15, 0.2) is 6.10 Å². The van der Waals surface area contributed by atoms with Crippen molar-refractivity contribution < 1.29 is 17.9 Å². The lowest BCUT2D eigenvalue weighted by molar-refractivity contribution is -0.122. The van der Waals surface area contributed by atoms with Gasteiger partial charge in [0.2, 0.25) is 10.0 Å². The minimum Gasteiger partial charge on any atom is -0.481 e. The average Bonchev–Trinajstić information content (AvgIpc) is 2.69. The van der Waals surface area contributed by atoms with Crippen molar-refractivity contribution in [3.8, 4) is 5.75 Å². The third-order valence-corrected chi connectivity index (χ3v) is 6.04. The number of ether oxygens (including phenoxy) is 1. The molecule has 1 amide bonds. The first kappa shape index (κ1) is 21.9. The van der Waals surface area contributed by atoms with Crippen LogP contribution in [0, 0.1) is 0 Å². The zero-order valence-corrected chi connectivity index (χ0v) is 17.4. The molecular formula is C21H28N2O4S. The topological polar surface area (TPSA) is 75.7 Å². The molecule has 0 aliphatic heterocycles. The van der Waals surface area contributed by atoms with E-state index in [1.54, 1.807) is 31.2 Å². The lowest BCUT2D eigenvalue weighted by Gasteiger charge is -2.21. The fourth-order valence-corrected chi connectivity index (χ4v) is 4.33. The van der Waals surface area contributed by atoms with Crippen LogP contribution in [0.5, 0.6) is 5.75 Å². The highest BCUT2D eigenvalue weighted by molar-refractivity contribution is 7.89. The van der Waals surface area contributed by atoms with Gasteiger partial charge < -0.3 is 10.1 Å². The molecule has 7 heteroatoms. The van der Waals surface area contributed by atoms with Crippen LogP contribution in [0.3, 0.4) is 0 Å². The Kier molecular flexibility index (Phi) is 8.02. The molecule has 2 aromatic rings. The molecule has 0 aliphatic rings.